The summed E-state index contributed by atoms with van der Waals surface area (Å²) in [7, 11) is 0. The maximum Gasteiger partial charge on any atom is 0.269 e. The standard InChI is InChI=1S/C18H15N3O4/c1-2-11-19-18(23)15-5-3-4-6-16(15)20-17(22)12-13-7-9-14(10-8-13)21(24)25/h1,3-10H,11-12H2,(H,19,23)(H,20,22). The number of rotatable bonds is 6. The monoisotopic (exact) mass is 337 g/mol. The first-order valence-electron chi connectivity index (χ1n) is 7.35. The van der Waals surface area contributed by atoms with E-state index in [0.29, 0.717) is 16.8 Å². The predicted octanol–water partition coefficient (Wildman–Crippen LogP) is 2.14. The van der Waals surface area contributed by atoms with Crippen LogP contribution < -0.4 is 10.6 Å². The molecule has 0 saturated heterocycles. The third-order valence-electron chi connectivity index (χ3n) is 3.31. The first kappa shape index (κ1) is 17.7. The average Bonchev–Trinajstić information content (AvgIpc) is 2.60. The molecular weight excluding hydrogens is 322 g/mol. The molecule has 7 heteroatoms. The minimum absolute atomic E-state index is 0.0261. The number of benzene rings is 2. The summed E-state index contributed by atoms with van der Waals surface area (Å²) in [5, 5.41) is 15.8. The van der Waals surface area contributed by atoms with E-state index >= 15 is 0 Å². The lowest BCUT2D eigenvalue weighted by molar-refractivity contribution is -0.384. The van der Waals surface area contributed by atoms with Gasteiger partial charge in [0, 0.05) is 12.1 Å². The molecule has 126 valence electrons. The summed E-state index contributed by atoms with van der Waals surface area (Å²) in [6.07, 6.45) is 5.14. The molecule has 0 atom stereocenters. The molecule has 7 nitrogen and oxygen atoms in total. The van der Waals surface area contributed by atoms with Gasteiger partial charge in [0.15, 0.2) is 0 Å². The molecule has 0 unspecified atom stereocenters. The Morgan fingerprint density at radius 1 is 1.12 bits per heavy atom. The largest absolute Gasteiger partial charge is 0.341 e. The molecule has 2 rings (SSSR count). The summed E-state index contributed by atoms with van der Waals surface area (Å²) >= 11 is 0. The molecule has 0 fully saturated rings. The Morgan fingerprint density at radius 2 is 1.80 bits per heavy atom. The van der Waals surface area contributed by atoms with Crippen molar-refractivity contribution in [3.8, 4) is 12.3 Å². The molecule has 0 saturated carbocycles. The highest BCUT2D eigenvalue weighted by molar-refractivity contribution is 6.04. The van der Waals surface area contributed by atoms with Gasteiger partial charge in [-0.25, -0.2) is 0 Å². The molecule has 2 aromatic carbocycles. The van der Waals surface area contributed by atoms with E-state index < -0.39 is 4.92 Å². The second kappa shape index (κ2) is 8.26. The summed E-state index contributed by atoms with van der Waals surface area (Å²) in [5.41, 5.74) is 1.25. The number of terminal acetylenes is 1. The average molecular weight is 337 g/mol. The Balaban J connectivity index is 2.06. The molecule has 2 amide bonds. The van der Waals surface area contributed by atoms with Gasteiger partial charge in [-0.15, -0.1) is 6.42 Å². The van der Waals surface area contributed by atoms with Crippen LogP contribution in [0.25, 0.3) is 0 Å². The SMILES string of the molecule is C#CCNC(=O)c1ccccc1NC(=O)Cc1ccc([N+](=O)[O-])cc1. The number of nitrogens with zero attached hydrogens (tertiary/aromatic N) is 1. The highest BCUT2D eigenvalue weighted by atomic mass is 16.6. The summed E-state index contributed by atoms with van der Waals surface area (Å²) in [5.74, 6) is 1.58. The number of nitro groups is 1. The molecule has 0 bridgehead atoms. The molecule has 0 heterocycles. The van der Waals surface area contributed by atoms with Gasteiger partial charge < -0.3 is 10.6 Å². The van der Waals surface area contributed by atoms with Gasteiger partial charge in [0.1, 0.15) is 0 Å². The van der Waals surface area contributed by atoms with Crippen LogP contribution in [0.5, 0.6) is 0 Å². The fourth-order valence-electron chi connectivity index (χ4n) is 2.13. The number of nitrogens with one attached hydrogen (secondary N) is 2. The lowest BCUT2D eigenvalue weighted by atomic mass is 10.1. The number of non-ortho nitro benzene ring substituents is 1. The van der Waals surface area contributed by atoms with Crippen molar-refractivity contribution in [2.45, 2.75) is 6.42 Å². The number of carbonyl (C=O) groups excluding carboxylic acids is 2. The fourth-order valence-corrected chi connectivity index (χ4v) is 2.13. The van der Waals surface area contributed by atoms with Crippen LogP contribution in [0.1, 0.15) is 15.9 Å². The van der Waals surface area contributed by atoms with E-state index in [9.17, 15) is 19.7 Å². The van der Waals surface area contributed by atoms with Gasteiger partial charge in [0.2, 0.25) is 5.91 Å². The summed E-state index contributed by atoms with van der Waals surface area (Å²) < 4.78 is 0. The van der Waals surface area contributed by atoms with Crippen molar-refractivity contribution in [1.29, 1.82) is 0 Å². The van der Waals surface area contributed by atoms with Crippen LogP contribution in [0.2, 0.25) is 0 Å². The molecule has 25 heavy (non-hydrogen) atoms. The topological polar surface area (TPSA) is 101 Å². The van der Waals surface area contributed by atoms with Crippen LogP contribution in [0.3, 0.4) is 0 Å². The molecule has 0 aliphatic rings. The van der Waals surface area contributed by atoms with Crippen LogP contribution in [-0.4, -0.2) is 23.3 Å². The second-order valence-corrected chi connectivity index (χ2v) is 5.08. The lowest BCUT2D eigenvalue weighted by Gasteiger charge is -2.10. The molecular formula is C18H15N3O4. The Kier molecular flexibility index (Phi) is 5.85. The van der Waals surface area contributed by atoms with Crippen LogP contribution in [0, 0.1) is 22.5 Å². The maximum atomic E-state index is 12.2. The highest BCUT2D eigenvalue weighted by Crippen LogP contribution is 2.16. The normalized spacial score (nSPS) is 9.72. The van der Waals surface area contributed by atoms with Crippen molar-refractivity contribution in [2.75, 3.05) is 11.9 Å². The zero-order valence-corrected chi connectivity index (χ0v) is 13.2. The molecule has 0 radical (unpaired) electrons. The Labute approximate surface area is 144 Å². The van der Waals surface area contributed by atoms with E-state index in [4.69, 9.17) is 6.42 Å². The number of hydrogen-bond donors (Lipinski definition) is 2. The molecule has 0 aromatic heterocycles. The minimum atomic E-state index is -0.505. The van der Waals surface area contributed by atoms with E-state index in [1.165, 1.54) is 24.3 Å². The van der Waals surface area contributed by atoms with Gasteiger partial charge >= 0.3 is 0 Å². The third kappa shape index (κ3) is 4.91. The smallest absolute Gasteiger partial charge is 0.269 e. The zero-order valence-electron chi connectivity index (χ0n) is 13.2. The van der Waals surface area contributed by atoms with Gasteiger partial charge in [-0.1, -0.05) is 30.2 Å². The number of carbonyl (C=O) groups is 2. The molecule has 2 aromatic rings. The van der Waals surface area contributed by atoms with Crippen molar-refractivity contribution in [2.24, 2.45) is 0 Å². The van der Waals surface area contributed by atoms with Gasteiger partial charge in [-0.05, 0) is 17.7 Å². The van der Waals surface area contributed by atoms with Gasteiger partial charge in [-0.3, -0.25) is 19.7 Å². The molecule has 2 N–H and O–H groups in total. The molecule has 0 aliphatic carbocycles. The number of amides is 2. The van der Waals surface area contributed by atoms with E-state index in [1.807, 2.05) is 0 Å². The van der Waals surface area contributed by atoms with E-state index in [1.54, 1.807) is 24.3 Å². The van der Waals surface area contributed by atoms with Crippen LogP contribution in [-0.2, 0) is 11.2 Å². The van der Waals surface area contributed by atoms with E-state index in [-0.39, 0.29) is 30.5 Å². The Hall–Kier alpha value is -3.66. The van der Waals surface area contributed by atoms with Crippen LogP contribution in [0.15, 0.2) is 48.5 Å². The Bertz CT molecular complexity index is 838. The number of para-hydroxylation sites is 1. The molecule has 0 aliphatic heterocycles. The molecule has 0 spiro atoms. The van der Waals surface area contributed by atoms with Crippen LogP contribution >= 0.6 is 0 Å². The van der Waals surface area contributed by atoms with Gasteiger partial charge in [-0.2, -0.15) is 0 Å². The van der Waals surface area contributed by atoms with Crippen molar-refractivity contribution in [3.05, 3.63) is 69.8 Å². The first-order valence-corrected chi connectivity index (χ1v) is 7.35. The Morgan fingerprint density at radius 3 is 2.44 bits per heavy atom. The van der Waals surface area contributed by atoms with Gasteiger partial charge in [0.05, 0.1) is 29.1 Å². The quantitative estimate of drug-likeness (QED) is 0.479. The minimum Gasteiger partial charge on any atom is -0.341 e. The third-order valence-corrected chi connectivity index (χ3v) is 3.31. The number of hydrogen-bond acceptors (Lipinski definition) is 4. The van der Waals surface area contributed by atoms with Crippen LogP contribution in [0.4, 0.5) is 11.4 Å². The fraction of sp³-hybridized carbons (Fsp3) is 0.111. The summed E-state index contributed by atoms with van der Waals surface area (Å²) in [6.45, 7) is 0.0872. The number of anilines is 1. The van der Waals surface area contributed by atoms with Crippen molar-refractivity contribution >= 4 is 23.2 Å². The highest BCUT2D eigenvalue weighted by Gasteiger charge is 2.13. The van der Waals surface area contributed by atoms with Crippen molar-refractivity contribution in [1.82, 2.24) is 5.32 Å². The number of nitro benzene ring substituents is 1. The first-order chi connectivity index (χ1) is 12.0. The maximum absolute atomic E-state index is 12.2. The van der Waals surface area contributed by atoms with Gasteiger partial charge in [0.25, 0.3) is 11.6 Å². The van der Waals surface area contributed by atoms with E-state index in [0.717, 1.165) is 0 Å². The van der Waals surface area contributed by atoms with E-state index in [2.05, 4.69) is 16.6 Å². The second-order valence-electron chi connectivity index (χ2n) is 5.08. The predicted molar refractivity (Wildman–Crippen MR) is 93.0 cm³/mol. The summed E-state index contributed by atoms with van der Waals surface area (Å²) in [4.78, 5) is 34.3. The lowest BCUT2D eigenvalue weighted by Crippen LogP contribution is -2.25. The van der Waals surface area contributed by atoms with Crippen molar-refractivity contribution < 1.29 is 14.5 Å². The van der Waals surface area contributed by atoms with Crippen molar-refractivity contribution in [3.63, 3.8) is 0 Å². The summed E-state index contributed by atoms with van der Waals surface area (Å²) in [6, 6.07) is 12.3. The zero-order chi connectivity index (χ0) is 18.2.